The molecule has 1 heterocycles. The lowest BCUT2D eigenvalue weighted by Gasteiger charge is -2.04. The number of amides is 1. The minimum Gasteiger partial charge on any atom is -0.355 e. The minimum absolute atomic E-state index is 0.178. The molecule has 1 amide bonds. The molecule has 1 N–H and O–H groups in total. The first-order valence-electron chi connectivity index (χ1n) is 4.53. The second-order valence-electron chi connectivity index (χ2n) is 3.17. The van der Waals surface area contributed by atoms with Crippen molar-refractivity contribution < 1.29 is 4.79 Å². The average molecular weight is 202 g/mol. The van der Waals surface area contributed by atoms with Crippen LogP contribution in [0.1, 0.15) is 15.9 Å². The van der Waals surface area contributed by atoms with Crippen molar-refractivity contribution in [3.05, 3.63) is 29.6 Å². The summed E-state index contributed by atoms with van der Waals surface area (Å²) in [6.07, 6.45) is 1.38. The highest BCUT2D eigenvalue weighted by Crippen LogP contribution is 2.17. The molecule has 76 valence electrons. The quantitative estimate of drug-likeness (QED) is 0.738. The lowest BCUT2D eigenvalue weighted by Crippen LogP contribution is -2.18. The van der Waals surface area contributed by atoms with E-state index < -0.39 is 0 Å². The van der Waals surface area contributed by atoms with Gasteiger partial charge in [0.2, 0.25) is 0 Å². The van der Waals surface area contributed by atoms with Gasteiger partial charge in [-0.1, -0.05) is 6.07 Å². The molecule has 0 fully saturated rings. The van der Waals surface area contributed by atoms with E-state index in [1.54, 1.807) is 13.1 Å². The Morgan fingerprint density at radius 2 is 2.13 bits per heavy atom. The fourth-order valence-corrected chi connectivity index (χ4v) is 1.43. The molecule has 0 aliphatic carbocycles. The normalized spacial score (nSPS) is 10.3. The Kier molecular flexibility index (Phi) is 2.29. The third kappa shape index (κ3) is 1.52. The van der Waals surface area contributed by atoms with Crippen LogP contribution >= 0.6 is 0 Å². The van der Waals surface area contributed by atoms with E-state index in [1.807, 2.05) is 13.0 Å². The van der Waals surface area contributed by atoms with Crippen molar-refractivity contribution in [3.8, 4) is 0 Å². The molecule has 1 aromatic carbocycles. The highest BCUT2D eigenvalue weighted by atomic mass is 16.1. The van der Waals surface area contributed by atoms with E-state index in [0.717, 1.165) is 5.56 Å². The number of hydrogen-bond donors (Lipinski definition) is 1. The second kappa shape index (κ2) is 3.61. The lowest BCUT2D eigenvalue weighted by molar-refractivity contribution is 0.0964. The predicted octanol–water partition coefficient (Wildman–Crippen LogP) is 0.693. The van der Waals surface area contributed by atoms with E-state index in [4.69, 9.17) is 0 Å². The maximum atomic E-state index is 11.5. The molecule has 2 aromatic rings. The number of hydrogen-bond acceptors (Lipinski definition) is 4. The van der Waals surface area contributed by atoms with E-state index in [0.29, 0.717) is 16.6 Å². The molecule has 0 aliphatic rings. The van der Waals surface area contributed by atoms with Crippen LogP contribution < -0.4 is 5.32 Å². The standard InChI is InChI=1S/C10H10N4O/c1-6-3-4-7(10(15)11-2)9-8(6)12-5-13-14-9/h3-5H,1-2H3,(H,11,15). The molecule has 0 atom stereocenters. The van der Waals surface area contributed by atoms with E-state index in [2.05, 4.69) is 20.5 Å². The number of carbonyl (C=O) groups is 1. The topological polar surface area (TPSA) is 67.8 Å². The first kappa shape index (κ1) is 9.51. The van der Waals surface area contributed by atoms with E-state index >= 15 is 0 Å². The molecule has 5 heteroatoms. The van der Waals surface area contributed by atoms with Gasteiger partial charge in [-0.25, -0.2) is 4.98 Å². The molecule has 0 saturated heterocycles. The number of fused-ring (bicyclic) bond motifs is 1. The average Bonchev–Trinajstić information content (AvgIpc) is 2.29. The van der Waals surface area contributed by atoms with Gasteiger partial charge in [0.25, 0.3) is 5.91 Å². The Morgan fingerprint density at radius 3 is 2.87 bits per heavy atom. The van der Waals surface area contributed by atoms with Gasteiger partial charge in [-0.05, 0) is 18.6 Å². The summed E-state index contributed by atoms with van der Waals surface area (Å²) < 4.78 is 0. The molecule has 2 rings (SSSR count). The van der Waals surface area contributed by atoms with Gasteiger partial charge in [-0.3, -0.25) is 4.79 Å². The lowest BCUT2D eigenvalue weighted by atomic mass is 10.1. The van der Waals surface area contributed by atoms with E-state index in [-0.39, 0.29) is 5.91 Å². The Morgan fingerprint density at radius 1 is 1.33 bits per heavy atom. The molecule has 0 aliphatic heterocycles. The van der Waals surface area contributed by atoms with Gasteiger partial charge in [0.05, 0.1) is 11.1 Å². The summed E-state index contributed by atoms with van der Waals surface area (Å²) in [7, 11) is 1.58. The first-order chi connectivity index (χ1) is 7.24. The van der Waals surface area contributed by atoms with Gasteiger partial charge >= 0.3 is 0 Å². The van der Waals surface area contributed by atoms with Crippen molar-refractivity contribution in [2.24, 2.45) is 0 Å². The molecule has 15 heavy (non-hydrogen) atoms. The Balaban J connectivity index is 2.77. The van der Waals surface area contributed by atoms with Crippen LogP contribution in [0, 0.1) is 6.92 Å². The molecule has 0 unspecified atom stereocenters. The van der Waals surface area contributed by atoms with Crippen LogP contribution in [0.3, 0.4) is 0 Å². The number of aryl methyl sites for hydroxylation is 1. The zero-order valence-electron chi connectivity index (χ0n) is 8.48. The van der Waals surface area contributed by atoms with Crippen molar-refractivity contribution >= 4 is 16.9 Å². The third-order valence-electron chi connectivity index (χ3n) is 2.22. The highest BCUT2D eigenvalue weighted by molar-refractivity contribution is 6.04. The van der Waals surface area contributed by atoms with E-state index in [1.165, 1.54) is 6.33 Å². The smallest absolute Gasteiger partial charge is 0.253 e. The largest absolute Gasteiger partial charge is 0.355 e. The number of rotatable bonds is 1. The molecule has 5 nitrogen and oxygen atoms in total. The third-order valence-corrected chi connectivity index (χ3v) is 2.22. The second-order valence-corrected chi connectivity index (χ2v) is 3.17. The van der Waals surface area contributed by atoms with Crippen LogP contribution in [0.4, 0.5) is 0 Å². The van der Waals surface area contributed by atoms with Gasteiger partial charge in [0.15, 0.2) is 0 Å². The summed E-state index contributed by atoms with van der Waals surface area (Å²) in [5.41, 5.74) is 2.73. The number of carbonyl (C=O) groups excluding carboxylic acids is 1. The summed E-state index contributed by atoms with van der Waals surface area (Å²) in [5.74, 6) is -0.178. The summed E-state index contributed by atoms with van der Waals surface area (Å²) >= 11 is 0. The highest BCUT2D eigenvalue weighted by Gasteiger charge is 2.11. The van der Waals surface area contributed by atoms with E-state index in [9.17, 15) is 4.79 Å². The maximum absolute atomic E-state index is 11.5. The monoisotopic (exact) mass is 202 g/mol. The fourth-order valence-electron chi connectivity index (χ4n) is 1.43. The van der Waals surface area contributed by atoms with Crippen LogP contribution in [0.2, 0.25) is 0 Å². The van der Waals surface area contributed by atoms with Crippen molar-refractivity contribution in [3.63, 3.8) is 0 Å². The van der Waals surface area contributed by atoms with Crippen LogP contribution in [0.5, 0.6) is 0 Å². The van der Waals surface area contributed by atoms with Crippen molar-refractivity contribution in [1.29, 1.82) is 0 Å². The molecule has 0 spiro atoms. The van der Waals surface area contributed by atoms with Crippen LogP contribution in [-0.2, 0) is 0 Å². The zero-order chi connectivity index (χ0) is 10.8. The van der Waals surface area contributed by atoms with Crippen molar-refractivity contribution in [2.45, 2.75) is 6.92 Å². The van der Waals surface area contributed by atoms with Gasteiger partial charge in [0.1, 0.15) is 11.8 Å². The number of benzene rings is 1. The van der Waals surface area contributed by atoms with Gasteiger partial charge < -0.3 is 5.32 Å². The zero-order valence-corrected chi connectivity index (χ0v) is 8.48. The fraction of sp³-hybridized carbons (Fsp3) is 0.200. The van der Waals surface area contributed by atoms with Crippen LogP contribution in [0.25, 0.3) is 11.0 Å². The number of nitrogens with zero attached hydrogens (tertiary/aromatic N) is 3. The predicted molar refractivity (Wildman–Crippen MR) is 55.5 cm³/mol. The molecular weight excluding hydrogens is 192 g/mol. The molecule has 1 aromatic heterocycles. The van der Waals surface area contributed by atoms with Crippen molar-refractivity contribution in [1.82, 2.24) is 20.5 Å². The maximum Gasteiger partial charge on any atom is 0.253 e. The van der Waals surface area contributed by atoms with Crippen LogP contribution in [0.15, 0.2) is 18.5 Å². The SMILES string of the molecule is CNC(=O)c1ccc(C)c2ncnnc12. The summed E-state index contributed by atoms with van der Waals surface area (Å²) in [4.78, 5) is 15.6. The molecule has 0 saturated carbocycles. The number of aromatic nitrogens is 3. The Bertz CT molecular complexity index is 524. The Hall–Kier alpha value is -2.04. The summed E-state index contributed by atoms with van der Waals surface area (Å²) in [6.45, 7) is 1.92. The van der Waals surface area contributed by atoms with Gasteiger partial charge in [-0.2, -0.15) is 0 Å². The molecule has 0 bridgehead atoms. The van der Waals surface area contributed by atoms with Gasteiger partial charge in [0, 0.05) is 7.05 Å². The molecular formula is C10H10N4O. The summed E-state index contributed by atoms with van der Waals surface area (Å²) in [6, 6.07) is 3.58. The summed E-state index contributed by atoms with van der Waals surface area (Å²) in [5, 5.41) is 10.2. The molecule has 0 radical (unpaired) electrons. The van der Waals surface area contributed by atoms with Gasteiger partial charge in [-0.15, -0.1) is 10.2 Å². The van der Waals surface area contributed by atoms with Crippen LogP contribution in [-0.4, -0.2) is 28.1 Å². The Labute approximate surface area is 86.5 Å². The minimum atomic E-state index is -0.178. The number of nitrogens with one attached hydrogen (secondary N) is 1. The first-order valence-corrected chi connectivity index (χ1v) is 4.53. The van der Waals surface area contributed by atoms with Crippen molar-refractivity contribution in [2.75, 3.05) is 7.05 Å².